The molecule has 2 aliphatic rings. The lowest BCUT2D eigenvalue weighted by Gasteiger charge is -2.33. The summed E-state index contributed by atoms with van der Waals surface area (Å²) in [5, 5.41) is 0. The molecular weight excluding hydrogens is 565 g/mol. The molecule has 0 saturated carbocycles. The van der Waals surface area contributed by atoms with E-state index in [1.807, 2.05) is 0 Å². The number of anilines is 1. The number of halogens is 7. The minimum atomic E-state index is -5.07. The SMILES string of the molecule is CN(C(=O)N(C)[C@@H]1CN(C(=O)N2CCSCC2)C[C@H]1c1ccc(F)cc1)c1cc(C(F)(F)F)cc(C(F)(F)F)c1. The van der Waals surface area contributed by atoms with Crippen LogP contribution in [-0.2, 0) is 12.4 Å². The van der Waals surface area contributed by atoms with Crippen molar-refractivity contribution in [1.82, 2.24) is 14.7 Å². The predicted molar refractivity (Wildman–Crippen MR) is 137 cm³/mol. The molecule has 40 heavy (non-hydrogen) atoms. The quantitative estimate of drug-likeness (QED) is 0.412. The van der Waals surface area contributed by atoms with Crippen LogP contribution in [0.3, 0.4) is 0 Å². The van der Waals surface area contributed by atoms with Gasteiger partial charge in [0.15, 0.2) is 0 Å². The number of benzene rings is 2. The number of hydrogen-bond acceptors (Lipinski definition) is 3. The summed E-state index contributed by atoms with van der Waals surface area (Å²) in [5.41, 5.74) is -3.03. The molecule has 2 aromatic carbocycles. The van der Waals surface area contributed by atoms with Crippen molar-refractivity contribution < 1.29 is 40.3 Å². The van der Waals surface area contributed by atoms with E-state index >= 15 is 0 Å². The van der Waals surface area contributed by atoms with E-state index in [2.05, 4.69) is 0 Å². The average molecular weight is 593 g/mol. The normalized spacial score (nSPS) is 20.0. The fourth-order valence-corrected chi connectivity index (χ4v) is 5.85. The Balaban J connectivity index is 1.63. The lowest BCUT2D eigenvalue weighted by molar-refractivity contribution is -0.143. The summed E-state index contributed by atoms with van der Waals surface area (Å²) in [6, 6.07) is 4.74. The van der Waals surface area contributed by atoms with Gasteiger partial charge in [0.2, 0.25) is 0 Å². The van der Waals surface area contributed by atoms with E-state index in [0.717, 1.165) is 23.5 Å². The van der Waals surface area contributed by atoms with Gasteiger partial charge in [-0.3, -0.25) is 4.90 Å². The average Bonchev–Trinajstić information content (AvgIpc) is 3.36. The molecule has 4 amide bonds. The van der Waals surface area contributed by atoms with Gasteiger partial charge in [-0.25, -0.2) is 14.0 Å². The highest BCUT2D eigenvalue weighted by Crippen LogP contribution is 2.39. The zero-order valence-corrected chi connectivity index (χ0v) is 22.4. The second-order valence-electron chi connectivity index (χ2n) is 9.73. The van der Waals surface area contributed by atoms with Gasteiger partial charge < -0.3 is 14.7 Å². The van der Waals surface area contributed by atoms with Crippen molar-refractivity contribution in [3.05, 3.63) is 65.0 Å². The molecule has 0 aromatic heterocycles. The summed E-state index contributed by atoms with van der Waals surface area (Å²) in [6.45, 7) is 1.39. The van der Waals surface area contributed by atoms with Gasteiger partial charge in [0.05, 0.1) is 17.2 Å². The molecule has 2 saturated heterocycles. The fraction of sp³-hybridized carbons (Fsp3) is 0.462. The maximum Gasteiger partial charge on any atom is 0.416 e. The minimum Gasteiger partial charge on any atom is -0.323 e. The molecule has 0 aliphatic carbocycles. The number of hydrogen-bond donors (Lipinski definition) is 0. The molecule has 2 aliphatic heterocycles. The monoisotopic (exact) mass is 592 g/mol. The van der Waals surface area contributed by atoms with Crippen LogP contribution in [0.1, 0.15) is 22.6 Å². The number of carbonyl (C=O) groups is 2. The Hall–Kier alpha value is -3.16. The van der Waals surface area contributed by atoms with E-state index in [9.17, 15) is 40.3 Å². The van der Waals surface area contributed by atoms with Gasteiger partial charge in [0.25, 0.3) is 0 Å². The third kappa shape index (κ3) is 6.42. The number of carbonyl (C=O) groups excluding carboxylic acids is 2. The van der Waals surface area contributed by atoms with Crippen molar-refractivity contribution >= 4 is 29.5 Å². The third-order valence-electron chi connectivity index (χ3n) is 7.19. The summed E-state index contributed by atoms with van der Waals surface area (Å²) in [4.78, 5) is 31.9. The van der Waals surface area contributed by atoms with Crippen molar-refractivity contribution in [2.45, 2.75) is 24.3 Å². The van der Waals surface area contributed by atoms with Crippen molar-refractivity contribution in [3.63, 3.8) is 0 Å². The van der Waals surface area contributed by atoms with Crippen LogP contribution >= 0.6 is 11.8 Å². The zero-order chi connectivity index (χ0) is 29.4. The lowest BCUT2D eigenvalue weighted by Crippen LogP contribution is -2.49. The van der Waals surface area contributed by atoms with E-state index in [4.69, 9.17) is 0 Å². The van der Waals surface area contributed by atoms with Gasteiger partial charge in [-0.05, 0) is 35.9 Å². The first kappa shape index (κ1) is 29.8. The molecule has 6 nitrogen and oxygen atoms in total. The summed E-state index contributed by atoms with van der Waals surface area (Å²) in [7, 11) is 2.47. The van der Waals surface area contributed by atoms with Gasteiger partial charge in [0, 0.05) is 63.4 Å². The van der Waals surface area contributed by atoms with Crippen molar-refractivity contribution in [1.29, 1.82) is 0 Å². The first-order valence-electron chi connectivity index (χ1n) is 12.3. The Morgan fingerprint density at radius 1 is 0.850 bits per heavy atom. The number of urea groups is 2. The Kier molecular flexibility index (Phi) is 8.48. The van der Waals surface area contributed by atoms with E-state index < -0.39 is 53.0 Å². The first-order chi connectivity index (χ1) is 18.7. The van der Waals surface area contributed by atoms with Gasteiger partial charge in [-0.1, -0.05) is 12.1 Å². The molecule has 2 aromatic rings. The zero-order valence-electron chi connectivity index (χ0n) is 21.6. The fourth-order valence-electron chi connectivity index (χ4n) is 4.95. The Labute approximate surface area is 230 Å². The van der Waals surface area contributed by atoms with Crippen LogP contribution in [0.4, 0.5) is 46.0 Å². The molecule has 4 rings (SSSR count). The van der Waals surface area contributed by atoms with E-state index in [0.29, 0.717) is 30.8 Å². The largest absolute Gasteiger partial charge is 0.416 e. The van der Waals surface area contributed by atoms with Gasteiger partial charge >= 0.3 is 24.4 Å². The molecule has 2 atom stereocenters. The van der Waals surface area contributed by atoms with Crippen LogP contribution in [0.25, 0.3) is 0 Å². The molecule has 0 spiro atoms. The molecule has 218 valence electrons. The van der Waals surface area contributed by atoms with Crippen LogP contribution in [0, 0.1) is 5.82 Å². The lowest BCUT2D eigenvalue weighted by atomic mass is 9.93. The standard InChI is InChI=1S/C26H27F7N4O2S/c1-34(20-12-17(25(28,29)30)11-18(13-20)26(31,32)33)23(38)35(2)22-15-37(24(39)36-7-9-40-10-8-36)14-21(22)16-3-5-19(27)6-4-16/h3-6,11-13,21-22H,7-10,14-15H2,1-2H3/t21-,22+/m0/s1. The molecule has 2 fully saturated rings. The number of likely N-dealkylation sites (tertiary alicyclic amines) is 1. The minimum absolute atomic E-state index is 0.00431. The van der Waals surface area contributed by atoms with Crippen molar-refractivity contribution in [3.8, 4) is 0 Å². The second kappa shape index (κ2) is 11.4. The smallest absolute Gasteiger partial charge is 0.323 e. The van der Waals surface area contributed by atoms with Gasteiger partial charge in [-0.2, -0.15) is 38.1 Å². The molecule has 0 radical (unpaired) electrons. The number of thioether (sulfide) groups is 1. The summed E-state index contributed by atoms with van der Waals surface area (Å²) in [5.74, 6) is 0.610. The predicted octanol–water partition coefficient (Wildman–Crippen LogP) is 5.99. The highest BCUT2D eigenvalue weighted by Gasteiger charge is 2.43. The molecule has 2 heterocycles. The topological polar surface area (TPSA) is 47.1 Å². The van der Waals surface area contributed by atoms with Crippen LogP contribution < -0.4 is 4.90 Å². The van der Waals surface area contributed by atoms with Crippen LogP contribution in [0.5, 0.6) is 0 Å². The molecule has 0 unspecified atom stereocenters. The van der Waals surface area contributed by atoms with E-state index in [1.54, 1.807) is 21.6 Å². The Bertz CT molecular complexity index is 1200. The number of nitrogens with zero attached hydrogens (tertiary/aromatic N) is 4. The number of amides is 4. The maximum atomic E-state index is 13.6. The Morgan fingerprint density at radius 3 is 1.93 bits per heavy atom. The van der Waals surface area contributed by atoms with Crippen LogP contribution in [-0.4, -0.2) is 84.6 Å². The summed E-state index contributed by atoms with van der Waals surface area (Å²) >= 11 is 1.73. The summed E-state index contributed by atoms with van der Waals surface area (Å²) in [6.07, 6.45) is -10.1. The van der Waals surface area contributed by atoms with Gasteiger partial charge in [-0.15, -0.1) is 0 Å². The number of rotatable bonds is 3. The molecule has 14 heteroatoms. The molecule has 0 bridgehead atoms. The van der Waals surface area contributed by atoms with E-state index in [-0.39, 0.29) is 25.2 Å². The van der Waals surface area contributed by atoms with Crippen molar-refractivity contribution in [2.75, 3.05) is 56.7 Å². The van der Waals surface area contributed by atoms with Gasteiger partial charge in [0.1, 0.15) is 5.82 Å². The number of likely N-dealkylation sites (N-methyl/N-ethyl adjacent to an activating group) is 1. The number of alkyl halides is 6. The Morgan fingerprint density at radius 2 is 1.40 bits per heavy atom. The highest BCUT2D eigenvalue weighted by molar-refractivity contribution is 7.99. The summed E-state index contributed by atoms with van der Waals surface area (Å²) < 4.78 is 94.0. The maximum absolute atomic E-state index is 13.6. The second-order valence-corrected chi connectivity index (χ2v) is 11.0. The van der Waals surface area contributed by atoms with E-state index in [1.165, 1.54) is 36.2 Å². The molecular formula is C26H27F7N4O2S. The first-order valence-corrected chi connectivity index (χ1v) is 13.5. The highest BCUT2D eigenvalue weighted by atomic mass is 32.2. The van der Waals surface area contributed by atoms with Crippen LogP contribution in [0.2, 0.25) is 0 Å². The van der Waals surface area contributed by atoms with Crippen molar-refractivity contribution in [2.24, 2.45) is 0 Å². The third-order valence-corrected chi connectivity index (χ3v) is 8.13. The van der Waals surface area contributed by atoms with Crippen LogP contribution in [0.15, 0.2) is 42.5 Å². The molecule has 0 N–H and O–H groups in total.